The van der Waals surface area contributed by atoms with E-state index in [1.54, 1.807) is 0 Å². The van der Waals surface area contributed by atoms with Gasteiger partial charge in [-0.2, -0.15) is 0 Å². The third-order valence-corrected chi connectivity index (χ3v) is 11.7. The number of carbonyl (C=O) groups is 1. The van der Waals surface area contributed by atoms with E-state index in [9.17, 15) is 15.0 Å². The van der Waals surface area contributed by atoms with Crippen LogP contribution in [0.2, 0.25) is 0 Å². The van der Waals surface area contributed by atoms with Gasteiger partial charge >= 0.3 is 0 Å². The Bertz CT molecular complexity index is 657. The molecule has 3 nitrogen and oxygen atoms in total. The van der Waals surface area contributed by atoms with Crippen LogP contribution in [0.4, 0.5) is 4.39 Å². The van der Waals surface area contributed by atoms with Crippen molar-refractivity contribution in [1.29, 1.82) is 0 Å². The highest BCUT2D eigenvalue weighted by atomic mass is 79.9. The van der Waals surface area contributed by atoms with E-state index in [2.05, 4.69) is 43.6 Å². The number of Topliss-reactive ketones (excluding diaryl/α,β-unsaturated/α-hetero) is 1. The van der Waals surface area contributed by atoms with E-state index >= 15 is 4.39 Å². The van der Waals surface area contributed by atoms with Gasteiger partial charge in [-0.15, -0.1) is 0 Å². The first kappa shape index (κ1) is 20.3. The molecule has 0 saturated heterocycles. The molecule has 0 aromatic heterocycles. The standard InChI is InChI=1S/C22H34BrFO3/c1-5-22(27)12(2)8-15-13-9-18(24)21(23)11-17(26)16(25)10-20(21,4)14(13)6-7-19(15,22)3/h12-15,17-18,26-27H,5-11H2,1-4H3/t12?,13-,14+,15+,17?,18?,19+,20-,21?,22-/m1/s1. The lowest BCUT2D eigenvalue weighted by Gasteiger charge is -2.64. The molecule has 4 aliphatic rings. The van der Waals surface area contributed by atoms with E-state index in [1.165, 1.54) is 0 Å². The number of alkyl halides is 2. The van der Waals surface area contributed by atoms with Crippen molar-refractivity contribution in [3.05, 3.63) is 0 Å². The van der Waals surface area contributed by atoms with Crippen molar-refractivity contribution >= 4 is 21.7 Å². The van der Waals surface area contributed by atoms with Crippen molar-refractivity contribution in [2.24, 2.45) is 34.5 Å². The second-order valence-electron chi connectivity index (χ2n) is 10.6. The molecule has 4 aliphatic carbocycles. The predicted molar refractivity (Wildman–Crippen MR) is 106 cm³/mol. The number of hydrogen-bond acceptors (Lipinski definition) is 3. The van der Waals surface area contributed by atoms with Crippen molar-refractivity contribution in [1.82, 2.24) is 0 Å². The predicted octanol–water partition coefficient (Wildman–Crippen LogP) is 4.42. The average Bonchev–Trinajstić information content (AvgIpc) is 2.80. The molecule has 5 heteroatoms. The molecule has 10 atom stereocenters. The van der Waals surface area contributed by atoms with E-state index < -0.39 is 27.6 Å². The van der Waals surface area contributed by atoms with Crippen molar-refractivity contribution in [2.45, 2.75) is 94.8 Å². The molecule has 0 aliphatic heterocycles. The van der Waals surface area contributed by atoms with Crippen LogP contribution in [0.15, 0.2) is 0 Å². The highest BCUT2D eigenvalue weighted by Crippen LogP contribution is 2.71. The second-order valence-corrected chi connectivity index (χ2v) is 12.0. The number of ketones is 1. The summed E-state index contributed by atoms with van der Waals surface area (Å²) in [6.07, 6.45) is 2.28. The lowest BCUT2D eigenvalue weighted by atomic mass is 9.43. The molecule has 2 N–H and O–H groups in total. The molecular formula is C22H34BrFO3. The van der Waals surface area contributed by atoms with Crippen molar-refractivity contribution in [2.75, 3.05) is 0 Å². The van der Waals surface area contributed by atoms with Crippen LogP contribution in [-0.4, -0.2) is 38.2 Å². The summed E-state index contributed by atoms with van der Waals surface area (Å²) in [6, 6.07) is 0. The molecule has 4 fully saturated rings. The molecule has 4 unspecified atom stereocenters. The van der Waals surface area contributed by atoms with Crippen molar-refractivity contribution < 1.29 is 19.4 Å². The molecule has 4 rings (SSSR count). The Hall–Kier alpha value is 0. The Morgan fingerprint density at radius 3 is 2.52 bits per heavy atom. The first-order chi connectivity index (χ1) is 12.4. The summed E-state index contributed by atoms with van der Waals surface area (Å²) in [7, 11) is 0. The number of aliphatic hydroxyl groups excluding tert-OH is 1. The number of hydrogen-bond donors (Lipinski definition) is 2. The van der Waals surface area contributed by atoms with Crippen LogP contribution in [0, 0.1) is 34.5 Å². The zero-order valence-corrected chi connectivity index (χ0v) is 18.6. The van der Waals surface area contributed by atoms with E-state index in [0.717, 1.165) is 25.7 Å². The van der Waals surface area contributed by atoms with Gasteiger partial charge in [-0.1, -0.05) is 43.6 Å². The first-order valence-electron chi connectivity index (χ1n) is 10.7. The quantitative estimate of drug-likeness (QED) is 0.588. The Morgan fingerprint density at radius 1 is 1.22 bits per heavy atom. The van der Waals surface area contributed by atoms with Crippen LogP contribution < -0.4 is 0 Å². The van der Waals surface area contributed by atoms with E-state index in [0.29, 0.717) is 12.3 Å². The van der Waals surface area contributed by atoms with Gasteiger partial charge in [0.25, 0.3) is 0 Å². The molecule has 0 spiro atoms. The average molecular weight is 445 g/mol. The lowest BCUT2D eigenvalue weighted by molar-refractivity contribution is -0.174. The van der Waals surface area contributed by atoms with E-state index in [1.807, 2.05) is 0 Å². The number of fused-ring (bicyclic) bond motifs is 5. The Balaban J connectivity index is 1.75. The first-order valence-corrected chi connectivity index (χ1v) is 11.5. The summed E-state index contributed by atoms with van der Waals surface area (Å²) >= 11 is 3.72. The molecule has 27 heavy (non-hydrogen) atoms. The van der Waals surface area contributed by atoms with Gasteiger partial charge in [-0.05, 0) is 73.0 Å². The fraction of sp³-hybridized carbons (Fsp3) is 0.955. The number of aliphatic hydroxyl groups is 2. The van der Waals surface area contributed by atoms with Gasteiger partial charge in [-0.25, -0.2) is 4.39 Å². The van der Waals surface area contributed by atoms with Gasteiger partial charge in [0.05, 0.1) is 9.93 Å². The molecule has 0 aromatic rings. The minimum absolute atomic E-state index is 0.140. The van der Waals surface area contributed by atoms with Crippen LogP contribution in [0.3, 0.4) is 0 Å². The number of rotatable bonds is 1. The maximum absolute atomic E-state index is 15.6. The molecule has 4 saturated carbocycles. The Kier molecular flexibility index (Phi) is 4.51. The van der Waals surface area contributed by atoms with Gasteiger partial charge in [0, 0.05) is 6.42 Å². The monoisotopic (exact) mass is 444 g/mol. The van der Waals surface area contributed by atoms with Gasteiger partial charge in [0.2, 0.25) is 0 Å². The molecule has 154 valence electrons. The molecule has 0 heterocycles. The fourth-order valence-corrected chi connectivity index (χ4v) is 9.12. The molecule has 0 bridgehead atoms. The second kappa shape index (κ2) is 6.01. The van der Waals surface area contributed by atoms with Crippen LogP contribution in [0.5, 0.6) is 0 Å². The summed E-state index contributed by atoms with van der Waals surface area (Å²) in [5.41, 5.74) is -1.34. The van der Waals surface area contributed by atoms with Crippen LogP contribution in [0.1, 0.15) is 72.6 Å². The van der Waals surface area contributed by atoms with Gasteiger partial charge in [0.1, 0.15) is 12.3 Å². The smallest absolute Gasteiger partial charge is 0.161 e. The SMILES string of the molecule is CC[C@@]1(O)C(C)C[C@H]2[C@@H]3CC(F)C4(Br)CC(O)C(=O)C[C@]4(C)[C@H]3CC[C@@]21C. The summed E-state index contributed by atoms with van der Waals surface area (Å²) in [5.74, 6) is 0.821. The number of halogens is 2. The summed E-state index contributed by atoms with van der Waals surface area (Å²) in [4.78, 5) is 12.4. The van der Waals surface area contributed by atoms with Crippen LogP contribution in [-0.2, 0) is 4.79 Å². The maximum atomic E-state index is 15.6. The fourth-order valence-electron chi connectivity index (χ4n) is 8.20. The summed E-state index contributed by atoms with van der Waals surface area (Å²) < 4.78 is 14.8. The van der Waals surface area contributed by atoms with Crippen LogP contribution >= 0.6 is 15.9 Å². The maximum Gasteiger partial charge on any atom is 0.161 e. The van der Waals surface area contributed by atoms with E-state index in [-0.39, 0.29) is 41.8 Å². The highest BCUT2D eigenvalue weighted by Gasteiger charge is 2.71. The zero-order valence-electron chi connectivity index (χ0n) is 17.0. The summed E-state index contributed by atoms with van der Waals surface area (Å²) in [6.45, 7) is 8.51. The van der Waals surface area contributed by atoms with Crippen molar-refractivity contribution in [3.8, 4) is 0 Å². The normalized spacial score (nSPS) is 60.5. The zero-order chi connectivity index (χ0) is 20.0. The highest BCUT2D eigenvalue weighted by molar-refractivity contribution is 9.10. The topological polar surface area (TPSA) is 57.5 Å². The number of carbonyl (C=O) groups excluding carboxylic acids is 1. The minimum Gasteiger partial charge on any atom is -0.389 e. The van der Waals surface area contributed by atoms with Crippen molar-refractivity contribution in [3.63, 3.8) is 0 Å². The van der Waals surface area contributed by atoms with Gasteiger partial charge < -0.3 is 10.2 Å². The lowest BCUT2D eigenvalue weighted by Crippen LogP contribution is -2.67. The molecule has 0 aromatic carbocycles. The third-order valence-electron chi connectivity index (χ3n) is 9.92. The largest absolute Gasteiger partial charge is 0.389 e. The Morgan fingerprint density at radius 2 is 1.89 bits per heavy atom. The van der Waals surface area contributed by atoms with Crippen LogP contribution in [0.25, 0.3) is 0 Å². The van der Waals surface area contributed by atoms with Gasteiger partial charge in [0.15, 0.2) is 5.78 Å². The molecule has 0 amide bonds. The molecular weight excluding hydrogens is 411 g/mol. The van der Waals surface area contributed by atoms with Gasteiger partial charge in [-0.3, -0.25) is 4.79 Å². The minimum atomic E-state index is -1.08. The third kappa shape index (κ3) is 2.28. The summed E-state index contributed by atoms with van der Waals surface area (Å²) in [5, 5.41) is 21.7. The molecule has 0 radical (unpaired) electrons. The Labute approximate surface area is 170 Å². The van der Waals surface area contributed by atoms with E-state index in [4.69, 9.17) is 0 Å².